The summed E-state index contributed by atoms with van der Waals surface area (Å²) in [7, 11) is 0. The van der Waals surface area contributed by atoms with Crippen molar-refractivity contribution in [3.05, 3.63) is 46.5 Å². The number of anilines is 1. The summed E-state index contributed by atoms with van der Waals surface area (Å²) in [6.07, 6.45) is 3.25. The van der Waals surface area contributed by atoms with E-state index in [9.17, 15) is 4.79 Å². The standard InChI is InChI=1S/C15H17N3OS/c1-15(16,10-6-3-2-4-7-10)13(19)18-14-17-11-8-5-9-12(11)20-14/h2-4,6-7H,5,8-9,16H2,1H3,(H,17,18,19). The van der Waals surface area contributed by atoms with Gasteiger partial charge in [-0.3, -0.25) is 4.79 Å². The van der Waals surface area contributed by atoms with Crippen LogP contribution in [0.5, 0.6) is 0 Å². The summed E-state index contributed by atoms with van der Waals surface area (Å²) >= 11 is 1.56. The fourth-order valence-electron chi connectivity index (χ4n) is 2.39. The average molecular weight is 287 g/mol. The minimum atomic E-state index is -1.06. The highest BCUT2D eigenvalue weighted by Crippen LogP contribution is 2.31. The van der Waals surface area contributed by atoms with Crippen LogP contribution in [0, 0.1) is 0 Å². The van der Waals surface area contributed by atoms with Crippen molar-refractivity contribution >= 4 is 22.4 Å². The third-order valence-corrected chi connectivity index (χ3v) is 4.73. The Hall–Kier alpha value is -1.72. The Bertz CT molecular complexity index is 612. The molecule has 3 rings (SSSR count). The molecular weight excluding hydrogens is 270 g/mol. The number of carbonyl (C=O) groups is 1. The van der Waals surface area contributed by atoms with E-state index in [2.05, 4.69) is 10.3 Å². The summed E-state index contributed by atoms with van der Waals surface area (Å²) in [5.74, 6) is -0.226. The summed E-state index contributed by atoms with van der Waals surface area (Å²) in [4.78, 5) is 18.2. The van der Waals surface area contributed by atoms with Gasteiger partial charge in [-0.15, -0.1) is 11.3 Å². The van der Waals surface area contributed by atoms with Crippen LogP contribution in [0.1, 0.15) is 29.5 Å². The number of carbonyl (C=O) groups excluding carboxylic acids is 1. The zero-order valence-corrected chi connectivity index (χ0v) is 12.2. The normalized spacial score (nSPS) is 16.5. The fraction of sp³-hybridized carbons (Fsp3) is 0.333. The number of fused-ring (bicyclic) bond motifs is 1. The van der Waals surface area contributed by atoms with E-state index in [-0.39, 0.29) is 5.91 Å². The first-order valence-electron chi connectivity index (χ1n) is 6.72. The number of aryl methyl sites for hydroxylation is 2. The first-order valence-corrected chi connectivity index (χ1v) is 7.53. The van der Waals surface area contributed by atoms with Crippen molar-refractivity contribution in [3.63, 3.8) is 0 Å². The van der Waals surface area contributed by atoms with Crippen LogP contribution in [0.3, 0.4) is 0 Å². The molecule has 2 aromatic rings. The number of nitrogens with one attached hydrogen (secondary N) is 1. The summed E-state index contributed by atoms with van der Waals surface area (Å²) in [6.45, 7) is 1.72. The van der Waals surface area contributed by atoms with Crippen LogP contribution in [0.25, 0.3) is 0 Å². The monoisotopic (exact) mass is 287 g/mol. The molecule has 1 aliphatic rings. The van der Waals surface area contributed by atoms with E-state index in [1.165, 1.54) is 11.3 Å². The van der Waals surface area contributed by atoms with Gasteiger partial charge in [0.2, 0.25) is 0 Å². The number of aromatic nitrogens is 1. The maximum atomic E-state index is 12.4. The molecule has 1 atom stereocenters. The fourth-order valence-corrected chi connectivity index (χ4v) is 3.43. The van der Waals surface area contributed by atoms with Gasteiger partial charge in [-0.1, -0.05) is 30.3 Å². The molecule has 0 saturated heterocycles. The molecule has 0 spiro atoms. The Labute approximate surface area is 122 Å². The smallest absolute Gasteiger partial charge is 0.250 e. The minimum absolute atomic E-state index is 0.226. The zero-order chi connectivity index (χ0) is 14.2. The Morgan fingerprint density at radius 1 is 1.35 bits per heavy atom. The highest BCUT2D eigenvalue weighted by atomic mass is 32.1. The lowest BCUT2D eigenvalue weighted by atomic mass is 9.92. The zero-order valence-electron chi connectivity index (χ0n) is 11.3. The lowest BCUT2D eigenvalue weighted by Crippen LogP contribution is -2.45. The Balaban J connectivity index is 1.78. The largest absolute Gasteiger partial charge is 0.314 e. The van der Waals surface area contributed by atoms with Crippen LogP contribution in [-0.2, 0) is 23.2 Å². The Morgan fingerprint density at radius 2 is 2.10 bits per heavy atom. The molecule has 1 aliphatic carbocycles. The molecule has 104 valence electrons. The summed E-state index contributed by atoms with van der Waals surface area (Å²) in [6, 6.07) is 9.39. The highest BCUT2D eigenvalue weighted by molar-refractivity contribution is 7.15. The molecule has 1 heterocycles. The van der Waals surface area contributed by atoms with Gasteiger partial charge in [0.1, 0.15) is 5.54 Å². The molecular formula is C15H17N3OS. The Kier molecular flexibility index (Phi) is 3.31. The van der Waals surface area contributed by atoms with Crippen molar-refractivity contribution in [2.75, 3.05) is 5.32 Å². The second-order valence-corrected chi connectivity index (χ2v) is 6.35. The lowest BCUT2D eigenvalue weighted by Gasteiger charge is -2.23. The number of benzene rings is 1. The molecule has 1 aromatic heterocycles. The van der Waals surface area contributed by atoms with Crippen LogP contribution in [0.2, 0.25) is 0 Å². The average Bonchev–Trinajstić information content (AvgIpc) is 3.00. The molecule has 0 saturated carbocycles. The van der Waals surface area contributed by atoms with E-state index < -0.39 is 5.54 Å². The molecule has 1 amide bonds. The molecule has 0 fully saturated rings. The number of nitrogens with zero attached hydrogens (tertiary/aromatic N) is 1. The van der Waals surface area contributed by atoms with Crippen LogP contribution >= 0.6 is 11.3 Å². The van der Waals surface area contributed by atoms with E-state index >= 15 is 0 Å². The van der Waals surface area contributed by atoms with Gasteiger partial charge in [-0.2, -0.15) is 0 Å². The van der Waals surface area contributed by atoms with Gasteiger partial charge < -0.3 is 11.1 Å². The highest BCUT2D eigenvalue weighted by Gasteiger charge is 2.31. The molecule has 0 radical (unpaired) electrons. The molecule has 0 aliphatic heterocycles. The van der Waals surface area contributed by atoms with Crippen molar-refractivity contribution < 1.29 is 4.79 Å². The van der Waals surface area contributed by atoms with E-state index in [0.29, 0.717) is 5.13 Å². The number of rotatable bonds is 3. The lowest BCUT2D eigenvalue weighted by molar-refractivity contribution is -0.120. The number of hydrogen-bond acceptors (Lipinski definition) is 4. The van der Waals surface area contributed by atoms with E-state index in [1.54, 1.807) is 18.3 Å². The van der Waals surface area contributed by atoms with Crippen LogP contribution in [0.4, 0.5) is 5.13 Å². The molecule has 4 nitrogen and oxygen atoms in total. The molecule has 1 unspecified atom stereocenters. The molecule has 5 heteroatoms. The topological polar surface area (TPSA) is 68.0 Å². The van der Waals surface area contributed by atoms with Gasteiger partial charge in [0.15, 0.2) is 5.13 Å². The van der Waals surface area contributed by atoms with Gasteiger partial charge in [0.05, 0.1) is 5.69 Å². The van der Waals surface area contributed by atoms with Crippen molar-refractivity contribution in [1.82, 2.24) is 4.98 Å². The number of amides is 1. The van der Waals surface area contributed by atoms with E-state index in [4.69, 9.17) is 5.73 Å². The number of hydrogen-bond donors (Lipinski definition) is 2. The maximum Gasteiger partial charge on any atom is 0.250 e. The molecule has 3 N–H and O–H groups in total. The van der Waals surface area contributed by atoms with Gasteiger partial charge in [-0.25, -0.2) is 4.98 Å². The van der Waals surface area contributed by atoms with Crippen molar-refractivity contribution in [2.45, 2.75) is 31.7 Å². The van der Waals surface area contributed by atoms with Gasteiger partial charge in [0, 0.05) is 4.88 Å². The predicted octanol–water partition coefficient (Wildman–Crippen LogP) is 2.44. The van der Waals surface area contributed by atoms with Gasteiger partial charge >= 0.3 is 0 Å². The van der Waals surface area contributed by atoms with E-state index in [1.807, 2.05) is 30.3 Å². The third kappa shape index (κ3) is 2.34. The summed E-state index contributed by atoms with van der Waals surface area (Å²) in [5.41, 5.74) is 7.05. The van der Waals surface area contributed by atoms with Gasteiger partial charge in [-0.05, 0) is 31.7 Å². The number of thiazole rings is 1. The van der Waals surface area contributed by atoms with Crippen molar-refractivity contribution in [3.8, 4) is 0 Å². The Morgan fingerprint density at radius 3 is 2.80 bits per heavy atom. The molecule has 0 bridgehead atoms. The van der Waals surface area contributed by atoms with E-state index in [0.717, 1.165) is 24.1 Å². The first kappa shape index (κ1) is 13.3. The van der Waals surface area contributed by atoms with Crippen LogP contribution in [-0.4, -0.2) is 10.9 Å². The van der Waals surface area contributed by atoms with Crippen LogP contribution < -0.4 is 11.1 Å². The number of nitrogens with two attached hydrogens (primary N) is 1. The predicted molar refractivity (Wildman–Crippen MR) is 80.8 cm³/mol. The van der Waals surface area contributed by atoms with Crippen molar-refractivity contribution in [2.24, 2.45) is 5.73 Å². The molecule has 20 heavy (non-hydrogen) atoms. The van der Waals surface area contributed by atoms with Crippen LogP contribution in [0.15, 0.2) is 30.3 Å². The maximum absolute atomic E-state index is 12.4. The second kappa shape index (κ2) is 5.00. The molecule has 1 aromatic carbocycles. The van der Waals surface area contributed by atoms with Gasteiger partial charge in [0.25, 0.3) is 5.91 Å². The summed E-state index contributed by atoms with van der Waals surface area (Å²) < 4.78 is 0. The van der Waals surface area contributed by atoms with Crippen molar-refractivity contribution in [1.29, 1.82) is 0 Å². The SMILES string of the molecule is CC(N)(C(=O)Nc1nc2c(s1)CCC2)c1ccccc1. The third-order valence-electron chi connectivity index (χ3n) is 3.66. The first-order chi connectivity index (χ1) is 9.57. The summed E-state index contributed by atoms with van der Waals surface area (Å²) in [5, 5.41) is 3.51. The quantitative estimate of drug-likeness (QED) is 0.911. The second-order valence-electron chi connectivity index (χ2n) is 5.26. The minimum Gasteiger partial charge on any atom is -0.314 e.